The van der Waals surface area contributed by atoms with Crippen molar-refractivity contribution in [2.45, 2.75) is 22.6 Å². The lowest BCUT2D eigenvalue weighted by atomic mass is 10.2. The Morgan fingerprint density at radius 3 is 1.87 bits per heavy atom. The zero-order valence-electron chi connectivity index (χ0n) is 13.3. The van der Waals surface area contributed by atoms with Crippen molar-refractivity contribution in [3.63, 3.8) is 0 Å². The van der Waals surface area contributed by atoms with Gasteiger partial charge in [0.2, 0.25) is 0 Å². The fourth-order valence-corrected chi connectivity index (χ4v) is 6.83. The van der Waals surface area contributed by atoms with E-state index in [1.54, 1.807) is 0 Å². The molecule has 2 aromatic carbocycles. The average Bonchev–Trinajstić information content (AvgIpc) is 2.65. The van der Waals surface area contributed by atoms with Gasteiger partial charge in [-0.05, 0) is 46.9 Å². The Balaban J connectivity index is 2.35. The molecule has 1 aliphatic rings. The van der Waals surface area contributed by atoms with Gasteiger partial charge in [0.1, 0.15) is 0 Å². The number of rotatable bonds is 5. The Kier molecular flexibility index (Phi) is 4.68. The molecule has 0 bridgehead atoms. The van der Waals surface area contributed by atoms with E-state index in [-0.39, 0.29) is 0 Å². The molecule has 0 spiro atoms. The van der Waals surface area contributed by atoms with Crippen molar-refractivity contribution in [2.24, 2.45) is 0 Å². The summed E-state index contributed by atoms with van der Waals surface area (Å²) in [5, 5.41) is 0. The lowest BCUT2D eigenvalue weighted by Crippen LogP contribution is -2.07. The Morgan fingerprint density at radius 1 is 0.870 bits per heavy atom. The molecule has 1 aliphatic carbocycles. The van der Waals surface area contributed by atoms with Crippen LogP contribution in [0.4, 0.5) is 0 Å². The zero-order chi connectivity index (χ0) is 16.1. The molecule has 0 nitrogen and oxygen atoms in total. The van der Waals surface area contributed by atoms with E-state index in [0.29, 0.717) is 0 Å². The van der Waals surface area contributed by atoms with Crippen molar-refractivity contribution >= 4 is 10.0 Å². The molecule has 0 heterocycles. The Bertz CT molecular complexity index is 712. The van der Waals surface area contributed by atoms with Gasteiger partial charge in [-0.2, -0.15) is 0 Å². The highest BCUT2D eigenvalue weighted by Crippen LogP contribution is 2.73. The van der Waals surface area contributed by atoms with Gasteiger partial charge in [-0.15, -0.1) is 10.0 Å². The van der Waals surface area contributed by atoms with Gasteiger partial charge in [0.25, 0.3) is 0 Å². The predicted molar refractivity (Wildman–Crippen MR) is 103 cm³/mol. The van der Waals surface area contributed by atoms with Crippen LogP contribution in [0.25, 0.3) is 0 Å². The molecule has 0 unspecified atom stereocenters. The molecule has 116 valence electrons. The quantitative estimate of drug-likeness (QED) is 0.529. The molecule has 23 heavy (non-hydrogen) atoms. The highest BCUT2D eigenvalue weighted by Gasteiger charge is 2.33. The monoisotopic (exact) mass is 318 g/mol. The number of hydrogen-bond donors (Lipinski definition) is 0. The standard InChI is InChI=1S/C22H22S/c1-3-19(2)23(20-13-7-4-8-14-20,21-15-9-5-10-16-21)22-17-11-6-12-18-22/h3-5,7-11,13-18H,1-2,6,12H2. The minimum atomic E-state index is -1.52. The van der Waals surface area contributed by atoms with Crippen LogP contribution in [0.15, 0.2) is 118 Å². The Morgan fingerprint density at radius 2 is 1.43 bits per heavy atom. The van der Waals surface area contributed by atoms with Gasteiger partial charge in [-0.3, -0.25) is 0 Å². The molecule has 0 aliphatic heterocycles. The van der Waals surface area contributed by atoms with Crippen LogP contribution in [0.5, 0.6) is 0 Å². The van der Waals surface area contributed by atoms with Gasteiger partial charge in [0, 0.05) is 9.79 Å². The maximum Gasteiger partial charge on any atom is 0.00226 e. The first kappa shape index (κ1) is 15.6. The molecule has 2 aromatic rings. The molecule has 0 saturated heterocycles. The van der Waals surface area contributed by atoms with E-state index in [4.69, 9.17) is 0 Å². The zero-order valence-corrected chi connectivity index (χ0v) is 14.1. The largest absolute Gasteiger partial charge is 0.134 e. The molecule has 0 aromatic heterocycles. The summed E-state index contributed by atoms with van der Waals surface area (Å²) >= 11 is 0. The third-order valence-electron chi connectivity index (χ3n) is 4.13. The highest BCUT2D eigenvalue weighted by atomic mass is 32.3. The summed E-state index contributed by atoms with van der Waals surface area (Å²) in [5.41, 5.74) is 0. The van der Waals surface area contributed by atoms with E-state index in [1.165, 1.54) is 14.7 Å². The molecule has 0 amide bonds. The van der Waals surface area contributed by atoms with E-state index >= 15 is 0 Å². The molecule has 0 radical (unpaired) electrons. The summed E-state index contributed by atoms with van der Waals surface area (Å²) in [6, 6.07) is 21.5. The minimum Gasteiger partial charge on any atom is -0.134 e. The van der Waals surface area contributed by atoms with Crippen LogP contribution < -0.4 is 0 Å². The average molecular weight is 318 g/mol. The third kappa shape index (κ3) is 2.73. The first-order valence-electron chi connectivity index (χ1n) is 7.92. The highest BCUT2D eigenvalue weighted by molar-refractivity contribution is 8.40. The van der Waals surface area contributed by atoms with E-state index in [9.17, 15) is 0 Å². The SMILES string of the molecule is C=CC(=C)S(C1=CCCC=C1)(c1ccccc1)c1ccccc1. The molecule has 0 N–H and O–H groups in total. The molecule has 0 saturated carbocycles. The van der Waals surface area contributed by atoms with Crippen molar-refractivity contribution < 1.29 is 0 Å². The number of allylic oxidation sites excluding steroid dienone is 4. The number of benzene rings is 2. The van der Waals surface area contributed by atoms with Crippen LogP contribution in [0.3, 0.4) is 0 Å². The number of hydrogen-bond acceptors (Lipinski definition) is 0. The molecular formula is C22H22S. The van der Waals surface area contributed by atoms with E-state index in [2.05, 4.69) is 92.0 Å². The predicted octanol–water partition coefficient (Wildman–Crippen LogP) is 6.84. The van der Waals surface area contributed by atoms with Gasteiger partial charge in [0.05, 0.1) is 0 Å². The van der Waals surface area contributed by atoms with Crippen molar-refractivity contribution in [2.75, 3.05) is 0 Å². The van der Waals surface area contributed by atoms with Gasteiger partial charge in [0.15, 0.2) is 0 Å². The smallest absolute Gasteiger partial charge is 0.00226 e. The van der Waals surface area contributed by atoms with Crippen molar-refractivity contribution in [1.29, 1.82) is 0 Å². The summed E-state index contributed by atoms with van der Waals surface area (Å²) in [7, 11) is -1.52. The van der Waals surface area contributed by atoms with Crippen LogP contribution in [0.2, 0.25) is 0 Å². The van der Waals surface area contributed by atoms with Gasteiger partial charge in [-0.25, -0.2) is 0 Å². The van der Waals surface area contributed by atoms with E-state index in [1.807, 2.05) is 6.08 Å². The second-order valence-corrected chi connectivity index (χ2v) is 8.66. The molecule has 0 atom stereocenters. The first-order valence-corrected chi connectivity index (χ1v) is 9.55. The summed E-state index contributed by atoms with van der Waals surface area (Å²) in [4.78, 5) is 5.08. The Hall–Kier alpha value is -2.25. The van der Waals surface area contributed by atoms with Crippen LogP contribution in [0, 0.1) is 0 Å². The van der Waals surface area contributed by atoms with E-state index in [0.717, 1.165) is 17.7 Å². The minimum absolute atomic E-state index is 1.09. The molecule has 0 fully saturated rings. The first-order chi connectivity index (χ1) is 11.3. The maximum atomic E-state index is 4.42. The van der Waals surface area contributed by atoms with Gasteiger partial charge in [-0.1, -0.05) is 73.9 Å². The molecular weight excluding hydrogens is 296 g/mol. The fraction of sp³-hybridized carbons (Fsp3) is 0.0909. The third-order valence-corrected chi connectivity index (χ3v) is 8.05. The topological polar surface area (TPSA) is 0 Å². The summed E-state index contributed by atoms with van der Waals surface area (Å²) in [6.07, 6.45) is 11.1. The second kappa shape index (κ2) is 6.89. The van der Waals surface area contributed by atoms with Crippen molar-refractivity contribution in [3.8, 4) is 0 Å². The lowest BCUT2D eigenvalue weighted by Gasteiger charge is -2.43. The van der Waals surface area contributed by atoms with Crippen LogP contribution in [0.1, 0.15) is 12.8 Å². The van der Waals surface area contributed by atoms with Crippen LogP contribution >= 0.6 is 10.0 Å². The van der Waals surface area contributed by atoms with Crippen LogP contribution in [-0.2, 0) is 0 Å². The van der Waals surface area contributed by atoms with Gasteiger partial charge < -0.3 is 0 Å². The van der Waals surface area contributed by atoms with E-state index < -0.39 is 10.0 Å². The second-order valence-electron chi connectivity index (χ2n) is 5.50. The lowest BCUT2D eigenvalue weighted by molar-refractivity contribution is 1.03. The Labute approximate surface area is 140 Å². The van der Waals surface area contributed by atoms with Gasteiger partial charge >= 0.3 is 0 Å². The summed E-state index contributed by atoms with van der Waals surface area (Å²) in [6.45, 7) is 8.46. The van der Waals surface area contributed by atoms with Crippen LogP contribution in [-0.4, -0.2) is 0 Å². The molecule has 3 rings (SSSR count). The van der Waals surface area contributed by atoms with Crippen molar-refractivity contribution in [3.05, 3.63) is 108 Å². The fourth-order valence-electron chi connectivity index (χ4n) is 3.05. The normalized spacial score (nSPS) is 14.9. The maximum absolute atomic E-state index is 4.42. The van der Waals surface area contributed by atoms with Crippen molar-refractivity contribution in [1.82, 2.24) is 0 Å². The summed E-state index contributed by atoms with van der Waals surface area (Å²) in [5.74, 6) is 0. The molecule has 1 heteroatoms. The summed E-state index contributed by atoms with van der Waals surface area (Å²) < 4.78 is 0.